The van der Waals surface area contributed by atoms with Crippen molar-refractivity contribution >= 4 is 0 Å². The van der Waals surface area contributed by atoms with Crippen LogP contribution in [0.2, 0.25) is 0 Å². The van der Waals surface area contributed by atoms with Crippen molar-refractivity contribution < 1.29 is 0 Å². The summed E-state index contributed by atoms with van der Waals surface area (Å²) in [6, 6.07) is 0.566. The number of imidazole rings is 1. The van der Waals surface area contributed by atoms with Crippen molar-refractivity contribution in [3.8, 4) is 0 Å². The van der Waals surface area contributed by atoms with Crippen LogP contribution in [0.1, 0.15) is 46.2 Å². The van der Waals surface area contributed by atoms with E-state index in [9.17, 15) is 0 Å². The van der Waals surface area contributed by atoms with Crippen molar-refractivity contribution in [1.82, 2.24) is 19.8 Å². The summed E-state index contributed by atoms with van der Waals surface area (Å²) in [6.45, 7) is 14.3. The van der Waals surface area contributed by atoms with Crippen LogP contribution in [0.15, 0.2) is 12.5 Å². The zero-order valence-electron chi connectivity index (χ0n) is 13.0. The first-order valence-electron chi connectivity index (χ1n) is 7.65. The average Bonchev–Trinajstić information content (AvgIpc) is 2.88. The number of hydrogen-bond acceptors (Lipinski definition) is 3. The second-order valence-electron chi connectivity index (χ2n) is 5.12. The van der Waals surface area contributed by atoms with Crippen molar-refractivity contribution in [2.24, 2.45) is 0 Å². The molecule has 0 spiro atoms. The Kier molecular flexibility index (Phi) is 7.75. The minimum absolute atomic E-state index is 0.566. The molecular formula is C15H30N4. The Hall–Kier alpha value is -0.870. The van der Waals surface area contributed by atoms with Crippen LogP contribution in [0.4, 0.5) is 0 Å². The lowest BCUT2D eigenvalue weighted by Crippen LogP contribution is -2.29. The van der Waals surface area contributed by atoms with E-state index in [0.717, 1.165) is 26.2 Å². The Morgan fingerprint density at radius 3 is 2.68 bits per heavy atom. The van der Waals surface area contributed by atoms with E-state index in [4.69, 9.17) is 0 Å². The molecule has 0 aromatic carbocycles. The summed E-state index contributed by atoms with van der Waals surface area (Å²) in [7, 11) is 0. The van der Waals surface area contributed by atoms with Crippen LogP contribution in [-0.2, 0) is 13.1 Å². The summed E-state index contributed by atoms with van der Waals surface area (Å²) in [6.07, 6.45) is 6.36. The van der Waals surface area contributed by atoms with Crippen LogP contribution in [0.25, 0.3) is 0 Å². The molecule has 1 aromatic heterocycles. The molecule has 0 aliphatic rings. The molecule has 0 aliphatic heterocycles. The average molecular weight is 266 g/mol. The van der Waals surface area contributed by atoms with Crippen molar-refractivity contribution in [3.05, 3.63) is 18.2 Å². The smallest absolute Gasteiger partial charge is 0.0948 e. The van der Waals surface area contributed by atoms with Crippen LogP contribution in [0.3, 0.4) is 0 Å². The van der Waals surface area contributed by atoms with Gasteiger partial charge in [0.05, 0.1) is 12.0 Å². The molecule has 0 bridgehead atoms. The molecule has 0 amide bonds. The van der Waals surface area contributed by atoms with Crippen molar-refractivity contribution in [2.45, 2.75) is 59.7 Å². The van der Waals surface area contributed by atoms with Gasteiger partial charge in [-0.3, -0.25) is 0 Å². The zero-order chi connectivity index (χ0) is 14.1. The van der Waals surface area contributed by atoms with Crippen LogP contribution >= 0.6 is 0 Å². The molecular weight excluding hydrogens is 236 g/mol. The second kappa shape index (κ2) is 9.10. The summed E-state index contributed by atoms with van der Waals surface area (Å²) in [4.78, 5) is 6.68. The van der Waals surface area contributed by atoms with E-state index < -0.39 is 0 Å². The van der Waals surface area contributed by atoms with Gasteiger partial charge in [-0.15, -0.1) is 0 Å². The highest BCUT2D eigenvalue weighted by Crippen LogP contribution is 2.03. The molecule has 1 heterocycles. The van der Waals surface area contributed by atoms with E-state index in [2.05, 4.69) is 47.5 Å². The molecule has 110 valence electrons. The van der Waals surface area contributed by atoms with Gasteiger partial charge in [0.25, 0.3) is 0 Å². The van der Waals surface area contributed by atoms with Gasteiger partial charge in [0.1, 0.15) is 0 Å². The van der Waals surface area contributed by atoms with Gasteiger partial charge in [0.15, 0.2) is 0 Å². The fraction of sp³-hybridized carbons (Fsp3) is 0.800. The molecule has 1 aromatic rings. The molecule has 0 saturated carbocycles. The fourth-order valence-electron chi connectivity index (χ4n) is 2.32. The quantitative estimate of drug-likeness (QED) is 0.706. The lowest BCUT2D eigenvalue weighted by Gasteiger charge is -2.20. The third-order valence-corrected chi connectivity index (χ3v) is 3.78. The minimum Gasteiger partial charge on any atom is -0.334 e. The first kappa shape index (κ1) is 16.2. The van der Waals surface area contributed by atoms with Gasteiger partial charge in [-0.1, -0.05) is 13.8 Å². The second-order valence-corrected chi connectivity index (χ2v) is 5.12. The highest BCUT2D eigenvalue weighted by Gasteiger charge is 2.05. The lowest BCUT2D eigenvalue weighted by atomic mass is 10.1. The van der Waals surface area contributed by atoms with E-state index in [1.165, 1.54) is 25.1 Å². The third kappa shape index (κ3) is 5.74. The minimum atomic E-state index is 0.566. The van der Waals surface area contributed by atoms with Crippen molar-refractivity contribution in [2.75, 3.05) is 19.6 Å². The summed E-state index contributed by atoms with van der Waals surface area (Å²) in [5, 5.41) is 3.59. The number of rotatable bonds is 10. The molecule has 0 saturated heterocycles. The summed E-state index contributed by atoms with van der Waals surface area (Å²) >= 11 is 0. The van der Waals surface area contributed by atoms with E-state index in [-0.39, 0.29) is 0 Å². The third-order valence-electron chi connectivity index (χ3n) is 3.78. The number of aromatic nitrogens is 2. The lowest BCUT2D eigenvalue weighted by molar-refractivity contribution is 0.290. The molecule has 1 rings (SSSR count). The molecule has 0 fully saturated rings. The Labute approximate surface area is 118 Å². The van der Waals surface area contributed by atoms with Crippen LogP contribution < -0.4 is 5.32 Å². The van der Waals surface area contributed by atoms with Crippen molar-refractivity contribution in [1.29, 1.82) is 0 Å². The standard InChI is InChI=1S/C15H30N4/c1-5-18(6-2)10-8-9-14(4)17-12-15-11-16-13-19(15)7-3/h11,13-14,17H,5-10,12H2,1-4H3. The van der Waals surface area contributed by atoms with Gasteiger partial charge in [-0.05, 0) is 46.3 Å². The van der Waals surface area contributed by atoms with Gasteiger partial charge >= 0.3 is 0 Å². The van der Waals surface area contributed by atoms with E-state index in [1.807, 2.05) is 12.5 Å². The van der Waals surface area contributed by atoms with Gasteiger partial charge in [0, 0.05) is 25.3 Å². The van der Waals surface area contributed by atoms with Crippen LogP contribution in [0.5, 0.6) is 0 Å². The summed E-state index contributed by atoms with van der Waals surface area (Å²) < 4.78 is 2.19. The zero-order valence-corrected chi connectivity index (χ0v) is 13.0. The first-order valence-corrected chi connectivity index (χ1v) is 7.65. The largest absolute Gasteiger partial charge is 0.334 e. The normalized spacial score (nSPS) is 13.1. The topological polar surface area (TPSA) is 33.1 Å². The van der Waals surface area contributed by atoms with E-state index in [0.29, 0.717) is 6.04 Å². The molecule has 4 heteroatoms. The molecule has 1 N–H and O–H groups in total. The van der Waals surface area contributed by atoms with Crippen molar-refractivity contribution in [3.63, 3.8) is 0 Å². The Morgan fingerprint density at radius 1 is 1.32 bits per heavy atom. The summed E-state index contributed by atoms with van der Waals surface area (Å²) in [5.41, 5.74) is 1.28. The van der Waals surface area contributed by atoms with E-state index >= 15 is 0 Å². The monoisotopic (exact) mass is 266 g/mol. The van der Waals surface area contributed by atoms with Gasteiger partial charge < -0.3 is 14.8 Å². The fourth-order valence-corrected chi connectivity index (χ4v) is 2.32. The summed E-state index contributed by atoms with van der Waals surface area (Å²) in [5.74, 6) is 0. The Balaban J connectivity index is 2.19. The number of aryl methyl sites for hydroxylation is 1. The predicted molar refractivity (Wildman–Crippen MR) is 81.2 cm³/mol. The molecule has 0 aliphatic carbocycles. The van der Waals surface area contributed by atoms with Crippen LogP contribution in [0, 0.1) is 0 Å². The van der Waals surface area contributed by atoms with Gasteiger partial charge in [0.2, 0.25) is 0 Å². The number of nitrogens with one attached hydrogen (secondary N) is 1. The SMILES string of the molecule is CCN(CC)CCCC(C)NCc1cncn1CC. The maximum absolute atomic E-state index is 4.19. The van der Waals surface area contributed by atoms with Crippen LogP contribution in [-0.4, -0.2) is 40.1 Å². The molecule has 4 nitrogen and oxygen atoms in total. The Bertz CT molecular complexity index is 331. The highest BCUT2D eigenvalue weighted by atomic mass is 15.1. The number of nitrogens with zero attached hydrogens (tertiary/aromatic N) is 3. The maximum Gasteiger partial charge on any atom is 0.0948 e. The Morgan fingerprint density at radius 2 is 2.05 bits per heavy atom. The van der Waals surface area contributed by atoms with Gasteiger partial charge in [-0.25, -0.2) is 4.98 Å². The maximum atomic E-state index is 4.19. The van der Waals surface area contributed by atoms with Gasteiger partial charge in [-0.2, -0.15) is 0 Å². The highest BCUT2D eigenvalue weighted by molar-refractivity contribution is 4.97. The molecule has 0 radical (unpaired) electrons. The first-order chi connectivity index (χ1) is 9.21. The number of hydrogen-bond donors (Lipinski definition) is 1. The van der Waals surface area contributed by atoms with E-state index in [1.54, 1.807) is 0 Å². The molecule has 19 heavy (non-hydrogen) atoms. The molecule has 1 unspecified atom stereocenters. The molecule has 1 atom stereocenters. The predicted octanol–water partition coefficient (Wildman–Crippen LogP) is 2.50.